The van der Waals surface area contributed by atoms with E-state index >= 15 is 0 Å². The quantitative estimate of drug-likeness (QED) is 0.685. The van der Waals surface area contributed by atoms with Gasteiger partial charge in [-0.05, 0) is 11.8 Å². The van der Waals surface area contributed by atoms with E-state index in [1.54, 1.807) is 0 Å². The Morgan fingerprint density at radius 1 is 1.00 bits per heavy atom. The molecule has 1 radical (unpaired) electrons. The normalized spacial score (nSPS) is 10.7. The van der Waals surface area contributed by atoms with Gasteiger partial charge in [-0.2, -0.15) is 18.2 Å². The van der Waals surface area contributed by atoms with Crippen LogP contribution in [0.1, 0.15) is 11.1 Å². The Bertz CT molecular complexity index is 653. The molecule has 0 aliphatic carbocycles. The van der Waals surface area contributed by atoms with Crippen LogP contribution in [0.5, 0.6) is 0 Å². The van der Waals surface area contributed by atoms with Gasteiger partial charge in [-0.25, -0.2) is 0 Å². The summed E-state index contributed by atoms with van der Waals surface area (Å²) in [6.07, 6.45) is 6.27. The number of aromatic amines is 1. The zero-order chi connectivity index (χ0) is 11.5. The van der Waals surface area contributed by atoms with Crippen molar-refractivity contribution in [1.82, 2.24) is 4.98 Å². The number of benzene rings is 2. The predicted octanol–water partition coefficient (Wildman–Crippen LogP) is 4.14. The Balaban J connectivity index is 0.00000120. The van der Waals surface area contributed by atoms with Crippen molar-refractivity contribution < 1.29 is 32.7 Å². The summed E-state index contributed by atoms with van der Waals surface area (Å²) in [5, 5.41) is 1.21. The average molecular weight is 307 g/mol. The standard InChI is InChI=1S/C16H12N.Y/c1-2-6-13(7-3-1)10-11-14-12-17-16-9-5-4-8-15(14)16;/h1-3,5-12,17H;/q-1;/b11-10+;. The van der Waals surface area contributed by atoms with Crippen LogP contribution in [-0.4, -0.2) is 4.98 Å². The zero-order valence-electron chi connectivity index (χ0n) is 9.93. The smallest absolute Gasteiger partial charge is 0 e. The molecule has 2 heteroatoms. The Labute approximate surface area is 132 Å². The largest absolute Gasteiger partial charge is 0.384 e. The summed E-state index contributed by atoms with van der Waals surface area (Å²) in [7, 11) is 0. The molecular weight excluding hydrogens is 295 g/mol. The van der Waals surface area contributed by atoms with Gasteiger partial charge in [-0.1, -0.05) is 53.6 Å². The summed E-state index contributed by atoms with van der Waals surface area (Å²) in [4.78, 5) is 3.25. The van der Waals surface area contributed by atoms with Crippen molar-refractivity contribution in [2.24, 2.45) is 0 Å². The summed E-state index contributed by atoms with van der Waals surface area (Å²) in [6.45, 7) is 0. The molecule has 3 aromatic rings. The molecule has 3 rings (SSSR count). The number of nitrogens with one attached hydrogen (secondary N) is 1. The molecule has 1 N–H and O–H groups in total. The van der Waals surface area contributed by atoms with Gasteiger partial charge in [0.15, 0.2) is 0 Å². The Morgan fingerprint density at radius 3 is 2.67 bits per heavy atom. The van der Waals surface area contributed by atoms with E-state index in [2.05, 4.69) is 35.3 Å². The van der Waals surface area contributed by atoms with E-state index in [1.165, 1.54) is 16.5 Å². The van der Waals surface area contributed by atoms with Crippen molar-refractivity contribution in [3.8, 4) is 0 Å². The second-order valence-corrected chi connectivity index (χ2v) is 3.96. The Morgan fingerprint density at radius 2 is 1.83 bits per heavy atom. The molecule has 0 spiro atoms. The number of aromatic nitrogens is 1. The summed E-state index contributed by atoms with van der Waals surface area (Å²) >= 11 is 0. The fourth-order valence-corrected chi connectivity index (χ4v) is 1.92. The summed E-state index contributed by atoms with van der Waals surface area (Å²) in [5.41, 5.74) is 3.55. The van der Waals surface area contributed by atoms with Crippen LogP contribution in [0.3, 0.4) is 0 Å². The average Bonchev–Trinajstić information content (AvgIpc) is 2.81. The van der Waals surface area contributed by atoms with Gasteiger partial charge in [-0.3, -0.25) is 0 Å². The van der Waals surface area contributed by atoms with E-state index in [9.17, 15) is 0 Å². The summed E-state index contributed by atoms with van der Waals surface area (Å²) in [5.74, 6) is 0. The number of H-pyrrole nitrogens is 1. The number of hydrogen-bond acceptors (Lipinski definition) is 0. The predicted molar refractivity (Wildman–Crippen MR) is 72.5 cm³/mol. The van der Waals surface area contributed by atoms with Crippen LogP contribution in [0.4, 0.5) is 0 Å². The summed E-state index contributed by atoms with van der Waals surface area (Å²) < 4.78 is 0. The first kappa shape index (κ1) is 13.3. The first-order valence-electron chi connectivity index (χ1n) is 5.64. The zero-order valence-corrected chi connectivity index (χ0v) is 12.8. The molecule has 0 amide bonds. The molecule has 0 saturated heterocycles. The van der Waals surface area contributed by atoms with Gasteiger partial charge in [0.1, 0.15) is 0 Å². The topological polar surface area (TPSA) is 15.8 Å². The van der Waals surface area contributed by atoms with Crippen molar-refractivity contribution in [2.45, 2.75) is 0 Å². The molecule has 0 aliphatic rings. The first-order valence-corrected chi connectivity index (χ1v) is 5.64. The fourth-order valence-electron chi connectivity index (χ4n) is 1.92. The van der Waals surface area contributed by atoms with E-state index in [0.717, 1.165) is 5.52 Å². The van der Waals surface area contributed by atoms with E-state index in [1.807, 2.05) is 42.6 Å². The van der Waals surface area contributed by atoms with Crippen LogP contribution in [0.25, 0.3) is 23.1 Å². The fraction of sp³-hybridized carbons (Fsp3) is 0. The minimum absolute atomic E-state index is 0. The molecule has 1 aromatic heterocycles. The minimum Gasteiger partial charge on any atom is -0.384 e. The number of fused-ring (bicyclic) bond motifs is 1. The third-order valence-corrected chi connectivity index (χ3v) is 2.81. The van der Waals surface area contributed by atoms with Crippen LogP contribution in [-0.2, 0) is 32.7 Å². The monoisotopic (exact) mass is 307 g/mol. The SMILES string of the molecule is [Y].[c-]1ccc2[nH]cc(/C=C/c3ccccc3)c2c1. The van der Waals surface area contributed by atoms with Crippen molar-refractivity contribution in [3.63, 3.8) is 0 Å². The van der Waals surface area contributed by atoms with Crippen LogP contribution in [0.2, 0.25) is 0 Å². The van der Waals surface area contributed by atoms with E-state index < -0.39 is 0 Å². The molecule has 85 valence electrons. The maximum Gasteiger partial charge on any atom is 0 e. The van der Waals surface area contributed by atoms with Gasteiger partial charge < -0.3 is 4.98 Å². The molecule has 2 aromatic carbocycles. The molecule has 0 unspecified atom stereocenters. The van der Waals surface area contributed by atoms with E-state index in [4.69, 9.17) is 0 Å². The van der Waals surface area contributed by atoms with Gasteiger partial charge in [0.05, 0.1) is 0 Å². The van der Waals surface area contributed by atoms with Gasteiger partial charge in [-0.15, -0.1) is 11.5 Å². The molecule has 0 aliphatic heterocycles. The first-order chi connectivity index (χ1) is 8.43. The van der Waals surface area contributed by atoms with Gasteiger partial charge in [0, 0.05) is 32.7 Å². The van der Waals surface area contributed by atoms with Crippen LogP contribution >= 0.6 is 0 Å². The Hall–Kier alpha value is -1.18. The van der Waals surface area contributed by atoms with Crippen molar-refractivity contribution in [2.75, 3.05) is 0 Å². The molecule has 1 heterocycles. The van der Waals surface area contributed by atoms with Gasteiger partial charge in [0.25, 0.3) is 0 Å². The molecule has 0 saturated carbocycles. The summed E-state index contributed by atoms with van der Waals surface area (Å²) in [6, 6.07) is 19.4. The Kier molecular flexibility index (Phi) is 4.51. The van der Waals surface area contributed by atoms with Gasteiger partial charge in [0.2, 0.25) is 0 Å². The van der Waals surface area contributed by atoms with Crippen LogP contribution in [0.15, 0.2) is 54.7 Å². The second kappa shape index (κ2) is 6.13. The van der Waals surface area contributed by atoms with Crippen LogP contribution < -0.4 is 0 Å². The van der Waals surface area contributed by atoms with Crippen molar-refractivity contribution in [1.29, 1.82) is 0 Å². The number of hydrogen-bond donors (Lipinski definition) is 1. The molecule has 0 fully saturated rings. The maximum atomic E-state index is 3.25. The minimum atomic E-state index is 0. The van der Waals surface area contributed by atoms with Crippen LogP contribution in [0, 0.1) is 6.07 Å². The number of rotatable bonds is 2. The molecular formula is C16H12NY-. The molecule has 18 heavy (non-hydrogen) atoms. The third kappa shape index (κ3) is 2.80. The van der Waals surface area contributed by atoms with E-state index in [0.29, 0.717) is 0 Å². The molecule has 0 atom stereocenters. The maximum absolute atomic E-state index is 3.25. The van der Waals surface area contributed by atoms with Gasteiger partial charge >= 0.3 is 0 Å². The second-order valence-electron chi connectivity index (χ2n) is 3.96. The van der Waals surface area contributed by atoms with Crippen molar-refractivity contribution in [3.05, 3.63) is 71.9 Å². The van der Waals surface area contributed by atoms with Crippen molar-refractivity contribution >= 4 is 23.1 Å². The van der Waals surface area contributed by atoms with E-state index in [-0.39, 0.29) is 32.7 Å². The molecule has 1 nitrogen and oxygen atoms in total. The molecule has 0 bridgehead atoms. The third-order valence-electron chi connectivity index (χ3n) is 2.81.